The number of hydrogen-bond acceptors (Lipinski definition) is 4. The van der Waals surface area contributed by atoms with Gasteiger partial charge in [-0.15, -0.1) is 0 Å². The quantitative estimate of drug-likeness (QED) is 0.629. The van der Waals surface area contributed by atoms with Crippen LogP contribution in [0.1, 0.15) is 27.3 Å². The van der Waals surface area contributed by atoms with Crippen molar-refractivity contribution in [3.05, 3.63) is 82.1 Å². The van der Waals surface area contributed by atoms with Crippen LogP contribution in [0.15, 0.2) is 54.6 Å². The number of nitrogens with zero attached hydrogens (tertiary/aromatic N) is 2. The Morgan fingerprint density at radius 2 is 1.70 bits per heavy atom. The van der Waals surface area contributed by atoms with Crippen LogP contribution in [-0.4, -0.2) is 33.4 Å². The lowest BCUT2D eigenvalue weighted by Crippen LogP contribution is -2.24. The Kier molecular flexibility index (Phi) is 5.94. The normalized spacial score (nSPS) is 12.0. The highest BCUT2D eigenvalue weighted by Gasteiger charge is 2.11. The third-order valence-electron chi connectivity index (χ3n) is 4.15. The molecule has 2 aromatic carbocycles. The number of halogens is 1. The van der Waals surface area contributed by atoms with E-state index in [0.29, 0.717) is 28.4 Å². The maximum absolute atomic E-state index is 12.4. The lowest BCUT2D eigenvalue weighted by atomic mass is 10.0. The van der Waals surface area contributed by atoms with Gasteiger partial charge in [-0.05, 0) is 68.4 Å². The predicted molar refractivity (Wildman–Crippen MR) is 105 cm³/mol. The van der Waals surface area contributed by atoms with Gasteiger partial charge in [-0.25, -0.2) is 0 Å². The van der Waals surface area contributed by atoms with Gasteiger partial charge in [-0.1, -0.05) is 11.6 Å². The zero-order valence-corrected chi connectivity index (χ0v) is 16.0. The van der Waals surface area contributed by atoms with Crippen LogP contribution in [0.5, 0.6) is 5.75 Å². The Morgan fingerprint density at radius 3 is 2.26 bits per heavy atom. The minimum atomic E-state index is -0.682. The molecule has 1 heterocycles. The fraction of sp³-hybridized carbons (Fsp3) is 0.238. The minimum Gasteiger partial charge on any atom is -0.491 e. The van der Waals surface area contributed by atoms with Crippen LogP contribution in [0, 0.1) is 13.8 Å². The van der Waals surface area contributed by atoms with Crippen molar-refractivity contribution >= 4 is 17.4 Å². The number of carbonyl (C=O) groups is 1. The van der Waals surface area contributed by atoms with Crippen molar-refractivity contribution in [1.82, 2.24) is 9.78 Å². The SMILES string of the molecule is Cc1cc(C)n(C[C@@H](O)COc2ccc(C(=O)c3ccc(Cl)cc3)cc2)n1. The summed E-state index contributed by atoms with van der Waals surface area (Å²) in [4.78, 5) is 12.4. The molecule has 1 aromatic heterocycles. The zero-order valence-electron chi connectivity index (χ0n) is 15.2. The summed E-state index contributed by atoms with van der Waals surface area (Å²) in [5.41, 5.74) is 3.06. The van der Waals surface area contributed by atoms with Crippen molar-refractivity contribution in [2.24, 2.45) is 0 Å². The van der Waals surface area contributed by atoms with Crippen molar-refractivity contribution < 1.29 is 14.6 Å². The molecule has 0 radical (unpaired) electrons. The summed E-state index contributed by atoms with van der Waals surface area (Å²) in [6, 6.07) is 15.6. The van der Waals surface area contributed by atoms with Gasteiger partial charge in [-0.3, -0.25) is 9.48 Å². The molecule has 0 aliphatic heterocycles. The Bertz CT molecular complexity index is 918. The number of rotatable bonds is 7. The van der Waals surface area contributed by atoms with Crippen LogP contribution in [-0.2, 0) is 6.54 Å². The molecule has 3 aromatic rings. The highest BCUT2D eigenvalue weighted by Crippen LogP contribution is 2.17. The molecule has 0 saturated heterocycles. The van der Waals surface area contributed by atoms with Crippen molar-refractivity contribution in [3.63, 3.8) is 0 Å². The fourth-order valence-electron chi connectivity index (χ4n) is 2.77. The monoisotopic (exact) mass is 384 g/mol. The highest BCUT2D eigenvalue weighted by atomic mass is 35.5. The van der Waals surface area contributed by atoms with Crippen molar-refractivity contribution in [2.45, 2.75) is 26.5 Å². The summed E-state index contributed by atoms with van der Waals surface area (Å²) in [6.07, 6.45) is -0.682. The number of benzene rings is 2. The lowest BCUT2D eigenvalue weighted by Gasteiger charge is -2.13. The second-order valence-corrected chi connectivity index (χ2v) is 6.87. The molecule has 3 rings (SSSR count). The van der Waals surface area contributed by atoms with Gasteiger partial charge in [0.25, 0.3) is 0 Å². The molecule has 0 amide bonds. The maximum atomic E-state index is 12.4. The molecule has 1 atom stereocenters. The van der Waals surface area contributed by atoms with Crippen LogP contribution in [0.2, 0.25) is 5.02 Å². The Hall–Kier alpha value is -2.63. The van der Waals surface area contributed by atoms with Gasteiger partial charge in [-0.2, -0.15) is 5.10 Å². The average Bonchev–Trinajstić information content (AvgIpc) is 2.97. The number of ketones is 1. The number of hydrogen-bond donors (Lipinski definition) is 1. The van der Waals surface area contributed by atoms with E-state index in [2.05, 4.69) is 5.10 Å². The second-order valence-electron chi connectivity index (χ2n) is 6.43. The van der Waals surface area contributed by atoms with Crippen LogP contribution < -0.4 is 4.74 Å². The number of aromatic nitrogens is 2. The van der Waals surface area contributed by atoms with Gasteiger partial charge in [0.15, 0.2) is 5.78 Å². The summed E-state index contributed by atoms with van der Waals surface area (Å²) < 4.78 is 7.38. The van der Waals surface area contributed by atoms with E-state index in [1.807, 2.05) is 19.9 Å². The minimum absolute atomic E-state index is 0.0808. The molecule has 140 valence electrons. The molecular formula is C21H21ClN2O3. The van der Waals surface area contributed by atoms with E-state index in [-0.39, 0.29) is 12.4 Å². The molecule has 0 bridgehead atoms. The van der Waals surface area contributed by atoms with Gasteiger partial charge >= 0.3 is 0 Å². The van der Waals surface area contributed by atoms with Crippen molar-refractivity contribution in [2.75, 3.05) is 6.61 Å². The number of carbonyl (C=O) groups excluding carboxylic acids is 1. The van der Waals surface area contributed by atoms with Crippen LogP contribution in [0.25, 0.3) is 0 Å². The van der Waals surface area contributed by atoms with Crippen molar-refractivity contribution in [1.29, 1.82) is 0 Å². The highest BCUT2D eigenvalue weighted by molar-refractivity contribution is 6.30. The van der Waals surface area contributed by atoms with Gasteiger partial charge in [0.1, 0.15) is 18.5 Å². The number of aryl methyl sites for hydroxylation is 2. The van der Waals surface area contributed by atoms with E-state index < -0.39 is 6.10 Å². The molecule has 1 N–H and O–H groups in total. The van der Waals surface area contributed by atoms with E-state index in [1.165, 1.54) is 0 Å². The summed E-state index contributed by atoms with van der Waals surface area (Å²) in [5, 5.41) is 15.1. The summed E-state index contributed by atoms with van der Waals surface area (Å²) >= 11 is 5.85. The molecule has 0 fully saturated rings. The molecular weight excluding hydrogens is 364 g/mol. The van der Waals surface area contributed by atoms with E-state index in [9.17, 15) is 9.90 Å². The summed E-state index contributed by atoms with van der Waals surface area (Å²) in [7, 11) is 0. The first kappa shape index (κ1) is 19.1. The Balaban J connectivity index is 1.56. The standard InChI is InChI=1S/C21H21ClN2O3/c1-14-11-15(2)24(23-14)12-19(25)13-27-20-9-5-17(6-10-20)21(26)16-3-7-18(22)8-4-16/h3-11,19,25H,12-13H2,1-2H3/t19-/m1/s1. The molecule has 0 aliphatic carbocycles. The van der Waals surface area contributed by atoms with E-state index in [1.54, 1.807) is 53.2 Å². The molecule has 0 saturated carbocycles. The fourth-order valence-corrected chi connectivity index (χ4v) is 2.90. The van der Waals surface area contributed by atoms with Crippen molar-refractivity contribution in [3.8, 4) is 5.75 Å². The van der Waals surface area contributed by atoms with Gasteiger partial charge in [0.05, 0.1) is 12.2 Å². The van der Waals surface area contributed by atoms with Crippen LogP contribution in [0.4, 0.5) is 0 Å². The smallest absolute Gasteiger partial charge is 0.193 e. The number of aliphatic hydroxyl groups excluding tert-OH is 1. The van der Waals surface area contributed by atoms with Gasteiger partial charge < -0.3 is 9.84 Å². The summed E-state index contributed by atoms with van der Waals surface area (Å²) in [5.74, 6) is 0.512. The van der Waals surface area contributed by atoms with Gasteiger partial charge in [0, 0.05) is 21.8 Å². The zero-order chi connectivity index (χ0) is 19.4. The molecule has 0 aliphatic rings. The lowest BCUT2D eigenvalue weighted by molar-refractivity contribution is 0.0886. The first-order chi connectivity index (χ1) is 12.9. The van der Waals surface area contributed by atoms with E-state index in [4.69, 9.17) is 16.3 Å². The third kappa shape index (κ3) is 4.96. The summed E-state index contributed by atoms with van der Waals surface area (Å²) in [6.45, 7) is 4.37. The van der Waals surface area contributed by atoms with E-state index >= 15 is 0 Å². The Morgan fingerprint density at radius 1 is 1.11 bits per heavy atom. The Labute approximate surface area is 163 Å². The molecule has 0 unspecified atom stereocenters. The van der Waals surface area contributed by atoms with E-state index in [0.717, 1.165) is 11.4 Å². The molecule has 0 spiro atoms. The largest absolute Gasteiger partial charge is 0.491 e. The molecule has 5 nitrogen and oxygen atoms in total. The van der Waals surface area contributed by atoms with Crippen LogP contribution >= 0.6 is 11.6 Å². The molecule has 27 heavy (non-hydrogen) atoms. The average molecular weight is 385 g/mol. The van der Waals surface area contributed by atoms with Gasteiger partial charge in [0.2, 0.25) is 0 Å². The van der Waals surface area contributed by atoms with Crippen LogP contribution in [0.3, 0.4) is 0 Å². The third-order valence-corrected chi connectivity index (χ3v) is 4.40. The first-order valence-electron chi connectivity index (χ1n) is 8.64. The first-order valence-corrected chi connectivity index (χ1v) is 9.02. The predicted octanol–water partition coefficient (Wildman–Crippen LogP) is 3.82. The molecule has 6 heteroatoms. The number of aliphatic hydroxyl groups is 1. The topological polar surface area (TPSA) is 64.3 Å². The number of ether oxygens (including phenoxy) is 1. The second kappa shape index (κ2) is 8.37. The maximum Gasteiger partial charge on any atom is 0.193 e.